The van der Waals surface area contributed by atoms with Crippen molar-refractivity contribution in [3.8, 4) is 5.69 Å². The largest absolute Gasteiger partial charge is 0.325 e. The Bertz CT molecular complexity index is 1360. The molecule has 1 N–H and O–H groups in total. The summed E-state index contributed by atoms with van der Waals surface area (Å²) in [5.74, 6) is 0.0621. The molecule has 0 radical (unpaired) electrons. The second-order valence-electron chi connectivity index (χ2n) is 7.76. The van der Waals surface area contributed by atoms with Gasteiger partial charge in [-0.25, -0.2) is 4.98 Å². The summed E-state index contributed by atoms with van der Waals surface area (Å²) < 4.78 is 1.66. The number of hydrogen-bond acceptors (Lipinski definition) is 5. The van der Waals surface area contributed by atoms with Gasteiger partial charge in [0.1, 0.15) is 4.83 Å². The van der Waals surface area contributed by atoms with E-state index in [0.29, 0.717) is 5.16 Å². The number of fused-ring (bicyclic) bond motifs is 3. The number of thiophene rings is 1. The highest BCUT2D eigenvalue weighted by Gasteiger charge is 2.24. The number of aryl methyl sites for hydroxylation is 3. The molecule has 2 aromatic carbocycles. The van der Waals surface area contributed by atoms with E-state index >= 15 is 0 Å². The quantitative estimate of drug-likeness (QED) is 0.315. The fourth-order valence-electron chi connectivity index (χ4n) is 4.19. The van der Waals surface area contributed by atoms with E-state index in [1.807, 2.05) is 54.6 Å². The van der Waals surface area contributed by atoms with E-state index in [0.717, 1.165) is 58.4 Å². The molecule has 0 saturated heterocycles. The smallest absolute Gasteiger partial charge is 0.267 e. The highest BCUT2D eigenvalue weighted by atomic mass is 32.2. The molecule has 1 amide bonds. The van der Waals surface area contributed by atoms with Crippen molar-refractivity contribution < 1.29 is 4.79 Å². The maximum atomic E-state index is 13.6. The Labute approximate surface area is 194 Å². The second kappa shape index (κ2) is 8.92. The standard InChI is InChI=1S/C25H23N3O2S2/c1-2-16-9-6-7-13-19(16)26-21(29)15-31-25-27-23-22(18-12-8-14-20(18)32-23)24(30)28(25)17-10-4-3-5-11-17/h3-7,9-11,13H,2,8,12,14-15H2,1H3,(H,26,29). The van der Waals surface area contributed by atoms with Crippen LogP contribution in [0.25, 0.3) is 15.9 Å². The van der Waals surface area contributed by atoms with Crippen molar-refractivity contribution in [1.29, 1.82) is 0 Å². The van der Waals surface area contributed by atoms with Crippen LogP contribution >= 0.6 is 23.1 Å². The van der Waals surface area contributed by atoms with Gasteiger partial charge in [-0.15, -0.1) is 11.3 Å². The van der Waals surface area contributed by atoms with E-state index in [-0.39, 0.29) is 17.2 Å². The fraction of sp³-hybridized carbons (Fsp3) is 0.240. The summed E-state index contributed by atoms with van der Waals surface area (Å²) in [6.07, 6.45) is 3.89. The molecule has 0 fully saturated rings. The molecule has 0 bridgehead atoms. The zero-order valence-electron chi connectivity index (χ0n) is 17.8. The summed E-state index contributed by atoms with van der Waals surface area (Å²) in [5, 5.41) is 4.30. The molecule has 2 heterocycles. The molecule has 32 heavy (non-hydrogen) atoms. The first-order valence-electron chi connectivity index (χ1n) is 10.8. The number of anilines is 1. The monoisotopic (exact) mass is 461 g/mol. The molecular formula is C25H23N3O2S2. The summed E-state index contributed by atoms with van der Waals surface area (Å²) in [6.45, 7) is 2.07. The lowest BCUT2D eigenvalue weighted by Crippen LogP contribution is -2.23. The number of nitrogens with zero attached hydrogens (tertiary/aromatic N) is 2. The molecule has 0 aliphatic heterocycles. The average molecular weight is 462 g/mol. The number of carbonyl (C=O) groups excluding carboxylic acids is 1. The zero-order chi connectivity index (χ0) is 22.1. The number of hydrogen-bond donors (Lipinski definition) is 1. The van der Waals surface area contributed by atoms with Gasteiger partial charge in [0.05, 0.1) is 16.8 Å². The number of carbonyl (C=O) groups is 1. The van der Waals surface area contributed by atoms with Gasteiger partial charge < -0.3 is 5.32 Å². The highest BCUT2D eigenvalue weighted by Crippen LogP contribution is 2.36. The third-order valence-electron chi connectivity index (χ3n) is 5.73. The van der Waals surface area contributed by atoms with E-state index < -0.39 is 0 Å². The van der Waals surface area contributed by atoms with E-state index in [2.05, 4.69) is 12.2 Å². The number of benzene rings is 2. The van der Waals surface area contributed by atoms with Crippen LogP contribution in [0.3, 0.4) is 0 Å². The fourth-order valence-corrected chi connectivity index (χ4v) is 6.31. The summed E-state index contributed by atoms with van der Waals surface area (Å²) in [6, 6.07) is 17.4. The molecule has 0 saturated carbocycles. The number of rotatable bonds is 6. The molecule has 0 atom stereocenters. The molecule has 0 unspecified atom stereocenters. The first-order chi connectivity index (χ1) is 15.7. The van der Waals surface area contributed by atoms with Gasteiger partial charge >= 0.3 is 0 Å². The molecule has 1 aliphatic carbocycles. The first kappa shape index (κ1) is 21.0. The van der Waals surface area contributed by atoms with Gasteiger partial charge in [0.25, 0.3) is 5.56 Å². The van der Waals surface area contributed by atoms with Crippen LogP contribution in [-0.2, 0) is 24.1 Å². The minimum Gasteiger partial charge on any atom is -0.325 e. The van der Waals surface area contributed by atoms with Gasteiger partial charge in [0, 0.05) is 10.6 Å². The SMILES string of the molecule is CCc1ccccc1NC(=O)CSc1nc2sc3c(c2c(=O)n1-c1ccccc1)CCC3. The van der Waals surface area contributed by atoms with Gasteiger partial charge in [-0.3, -0.25) is 14.2 Å². The third-order valence-corrected chi connectivity index (χ3v) is 7.85. The molecular weight excluding hydrogens is 438 g/mol. The topological polar surface area (TPSA) is 64.0 Å². The number of aromatic nitrogens is 2. The predicted octanol–water partition coefficient (Wildman–Crippen LogP) is 5.23. The van der Waals surface area contributed by atoms with Gasteiger partial charge in [-0.05, 0) is 55.0 Å². The Morgan fingerprint density at radius 2 is 1.91 bits per heavy atom. The molecule has 162 valence electrons. The van der Waals surface area contributed by atoms with Crippen molar-refractivity contribution in [2.45, 2.75) is 37.8 Å². The maximum Gasteiger partial charge on any atom is 0.267 e. The van der Waals surface area contributed by atoms with Crippen molar-refractivity contribution in [3.63, 3.8) is 0 Å². The third kappa shape index (κ3) is 3.87. The molecule has 2 aromatic heterocycles. The normalized spacial score (nSPS) is 12.8. The summed E-state index contributed by atoms with van der Waals surface area (Å²) in [5.41, 5.74) is 3.82. The minimum atomic E-state index is -0.112. The number of thioether (sulfide) groups is 1. The van der Waals surface area contributed by atoms with Crippen molar-refractivity contribution in [1.82, 2.24) is 9.55 Å². The van der Waals surface area contributed by atoms with Crippen LogP contribution in [0.2, 0.25) is 0 Å². The first-order valence-corrected chi connectivity index (χ1v) is 12.6. The van der Waals surface area contributed by atoms with Crippen molar-refractivity contribution in [2.24, 2.45) is 0 Å². The average Bonchev–Trinajstić information content (AvgIpc) is 3.39. The second-order valence-corrected chi connectivity index (χ2v) is 9.78. The van der Waals surface area contributed by atoms with Crippen LogP contribution in [0.15, 0.2) is 64.5 Å². The van der Waals surface area contributed by atoms with E-state index in [4.69, 9.17) is 4.98 Å². The van der Waals surface area contributed by atoms with Crippen LogP contribution < -0.4 is 10.9 Å². The summed E-state index contributed by atoms with van der Waals surface area (Å²) in [4.78, 5) is 33.2. The van der Waals surface area contributed by atoms with Crippen LogP contribution in [-0.4, -0.2) is 21.2 Å². The van der Waals surface area contributed by atoms with Gasteiger partial charge in [-0.1, -0.05) is 55.1 Å². The molecule has 1 aliphatic rings. The van der Waals surface area contributed by atoms with Gasteiger partial charge in [0.15, 0.2) is 5.16 Å². The maximum absolute atomic E-state index is 13.6. The number of nitrogens with one attached hydrogen (secondary N) is 1. The van der Waals surface area contributed by atoms with E-state index in [1.54, 1.807) is 15.9 Å². The van der Waals surface area contributed by atoms with E-state index in [1.165, 1.54) is 16.6 Å². The number of amides is 1. The van der Waals surface area contributed by atoms with Gasteiger partial charge in [-0.2, -0.15) is 0 Å². The molecule has 0 spiro atoms. The van der Waals surface area contributed by atoms with Crippen molar-refractivity contribution in [2.75, 3.05) is 11.1 Å². The Hall–Kier alpha value is -2.90. The molecule has 5 nitrogen and oxygen atoms in total. The van der Waals surface area contributed by atoms with Crippen LogP contribution in [0.1, 0.15) is 29.3 Å². The highest BCUT2D eigenvalue weighted by molar-refractivity contribution is 7.99. The molecule has 4 aromatic rings. The Balaban J connectivity index is 1.49. The van der Waals surface area contributed by atoms with Crippen molar-refractivity contribution >= 4 is 44.9 Å². The summed E-state index contributed by atoms with van der Waals surface area (Å²) >= 11 is 2.92. The Morgan fingerprint density at radius 1 is 1.12 bits per heavy atom. The van der Waals surface area contributed by atoms with Gasteiger partial charge in [0.2, 0.25) is 5.91 Å². The zero-order valence-corrected chi connectivity index (χ0v) is 19.4. The summed E-state index contributed by atoms with van der Waals surface area (Å²) in [7, 11) is 0. The van der Waals surface area contributed by atoms with Crippen LogP contribution in [0.5, 0.6) is 0 Å². The van der Waals surface area contributed by atoms with Crippen molar-refractivity contribution in [3.05, 3.63) is 81.0 Å². The molecule has 5 rings (SSSR count). The lowest BCUT2D eigenvalue weighted by atomic mass is 10.1. The van der Waals surface area contributed by atoms with Crippen LogP contribution in [0.4, 0.5) is 5.69 Å². The lowest BCUT2D eigenvalue weighted by Gasteiger charge is -2.13. The number of para-hydroxylation sites is 2. The minimum absolute atomic E-state index is 0.0418. The molecule has 7 heteroatoms. The Kier molecular flexibility index (Phi) is 5.85. The predicted molar refractivity (Wildman–Crippen MR) is 132 cm³/mol. The Morgan fingerprint density at radius 3 is 2.72 bits per heavy atom. The lowest BCUT2D eigenvalue weighted by molar-refractivity contribution is -0.113. The van der Waals surface area contributed by atoms with E-state index in [9.17, 15) is 9.59 Å². The van der Waals surface area contributed by atoms with Crippen LogP contribution in [0, 0.1) is 0 Å².